The number of nitrogens with one attached hydrogen (secondary N) is 1. The van der Waals surface area contributed by atoms with Crippen LogP contribution in [0, 0.1) is 0 Å². The van der Waals surface area contributed by atoms with Crippen LogP contribution in [0.4, 0.5) is 0 Å². The lowest BCUT2D eigenvalue weighted by Crippen LogP contribution is -2.45. The van der Waals surface area contributed by atoms with Crippen LogP contribution in [0.25, 0.3) is 0 Å². The Balaban J connectivity index is 1.58. The molecule has 0 bridgehead atoms. The van der Waals surface area contributed by atoms with Crippen LogP contribution >= 0.6 is 0 Å². The zero-order valence-corrected chi connectivity index (χ0v) is 16.1. The van der Waals surface area contributed by atoms with Gasteiger partial charge in [-0.3, -0.25) is 0 Å². The van der Waals surface area contributed by atoms with E-state index in [0.29, 0.717) is 13.2 Å². The molecule has 3 rings (SSSR count). The van der Waals surface area contributed by atoms with Crippen LogP contribution in [0.5, 0.6) is 0 Å². The topological polar surface area (TPSA) is 39.7 Å². The molecule has 2 aromatic rings. The molecule has 1 saturated heterocycles. The third-order valence-corrected chi connectivity index (χ3v) is 4.61. The van der Waals surface area contributed by atoms with Crippen molar-refractivity contribution in [2.75, 3.05) is 6.61 Å². The normalized spacial score (nSPS) is 22.4. The van der Waals surface area contributed by atoms with Crippen molar-refractivity contribution in [1.82, 2.24) is 5.32 Å². The molecule has 4 nitrogen and oxygen atoms in total. The monoisotopic (exact) mass is 367 g/mol. The van der Waals surface area contributed by atoms with Crippen molar-refractivity contribution in [2.45, 2.75) is 51.0 Å². The van der Waals surface area contributed by atoms with E-state index in [1.807, 2.05) is 56.3 Å². The van der Waals surface area contributed by atoms with Gasteiger partial charge in [0.05, 0.1) is 19.3 Å². The standard InChI is InChI=1S/C23H29NO3/c1-4-20(24-15-18-11-7-5-8-12-18)22-21(26-23(2,3)27-22)17-25-16-19-13-9-6-10-14-19/h4-14,20-22,24H,1,15-17H2,2-3H3/t20-,21+,22+/m1/s1. The van der Waals surface area contributed by atoms with Gasteiger partial charge in [0, 0.05) is 6.54 Å². The Morgan fingerprint density at radius 1 is 1.04 bits per heavy atom. The van der Waals surface area contributed by atoms with E-state index in [-0.39, 0.29) is 18.2 Å². The Morgan fingerprint density at radius 2 is 1.67 bits per heavy atom. The number of hydrogen-bond donors (Lipinski definition) is 1. The van der Waals surface area contributed by atoms with E-state index in [9.17, 15) is 0 Å². The van der Waals surface area contributed by atoms with Crippen molar-refractivity contribution in [3.8, 4) is 0 Å². The fourth-order valence-electron chi connectivity index (χ4n) is 3.33. The highest BCUT2D eigenvalue weighted by atomic mass is 16.8. The summed E-state index contributed by atoms with van der Waals surface area (Å²) in [5.74, 6) is -0.638. The molecule has 1 heterocycles. The first-order valence-corrected chi connectivity index (χ1v) is 9.44. The first-order chi connectivity index (χ1) is 13.1. The molecule has 1 aliphatic heterocycles. The Kier molecular flexibility index (Phi) is 6.80. The van der Waals surface area contributed by atoms with Crippen molar-refractivity contribution >= 4 is 0 Å². The number of hydrogen-bond acceptors (Lipinski definition) is 4. The first kappa shape index (κ1) is 19.8. The highest BCUT2D eigenvalue weighted by Crippen LogP contribution is 2.30. The Bertz CT molecular complexity index is 702. The fraction of sp³-hybridized carbons (Fsp3) is 0.391. The summed E-state index contributed by atoms with van der Waals surface area (Å²) in [6.45, 7) is 9.64. The van der Waals surface area contributed by atoms with Crippen molar-refractivity contribution in [3.63, 3.8) is 0 Å². The minimum Gasteiger partial charge on any atom is -0.374 e. The third kappa shape index (κ3) is 5.75. The SMILES string of the molecule is C=C[C@@H](NCc1ccccc1)[C@@H]1OC(C)(C)O[C@H]1COCc1ccccc1. The van der Waals surface area contributed by atoms with Crippen LogP contribution < -0.4 is 5.32 Å². The minimum atomic E-state index is -0.638. The lowest BCUT2D eigenvalue weighted by atomic mass is 10.1. The fourth-order valence-corrected chi connectivity index (χ4v) is 3.33. The number of rotatable bonds is 9. The van der Waals surface area contributed by atoms with Gasteiger partial charge in [0.25, 0.3) is 0 Å². The molecule has 0 aliphatic carbocycles. The quantitative estimate of drug-likeness (QED) is 0.678. The molecule has 1 N–H and O–H groups in total. The van der Waals surface area contributed by atoms with E-state index in [4.69, 9.17) is 14.2 Å². The molecule has 0 unspecified atom stereocenters. The average molecular weight is 367 g/mol. The maximum atomic E-state index is 6.17. The molecule has 2 aromatic carbocycles. The van der Waals surface area contributed by atoms with Gasteiger partial charge in [-0.25, -0.2) is 0 Å². The highest BCUT2D eigenvalue weighted by molar-refractivity contribution is 5.15. The summed E-state index contributed by atoms with van der Waals surface area (Å²) in [4.78, 5) is 0. The lowest BCUT2D eigenvalue weighted by molar-refractivity contribution is -0.152. The van der Waals surface area contributed by atoms with E-state index in [1.165, 1.54) is 5.56 Å². The summed E-state index contributed by atoms with van der Waals surface area (Å²) >= 11 is 0. The van der Waals surface area contributed by atoms with Gasteiger partial charge < -0.3 is 19.5 Å². The van der Waals surface area contributed by atoms with E-state index in [1.54, 1.807) is 0 Å². The summed E-state index contributed by atoms with van der Waals surface area (Å²) in [7, 11) is 0. The van der Waals surface area contributed by atoms with Crippen molar-refractivity contribution in [3.05, 3.63) is 84.4 Å². The van der Waals surface area contributed by atoms with Gasteiger partial charge in [0.15, 0.2) is 5.79 Å². The second-order valence-corrected chi connectivity index (χ2v) is 7.27. The molecular formula is C23H29NO3. The van der Waals surface area contributed by atoms with Gasteiger partial charge >= 0.3 is 0 Å². The average Bonchev–Trinajstić information content (AvgIpc) is 2.98. The van der Waals surface area contributed by atoms with Crippen LogP contribution in [-0.2, 0) is 27.4 Å². The number of ether oxygens (including phenoxy) is 3. The van der Waals surface area contributed by atoms with Gasteiger partial charge in [-0.2, -0.15) is 0 Å². The molecular weight excluding hydrogens is 338 g/mol. The zero-order valence-electron chi connectivity index (χ0n) is 16.1. The van der Waals surface area contributed by atoms with E-state index in [2.05, 4.69) is 36.2 Å². The van der Waals surface area contributed by atoms with Crippen LogP contribution in [0.3, 0.4) is 0 Å². The van der Waals surface area contributed by atoms with Crippen molar-refractivity contribution in [2.24, 2.45) is 0 Å². The summed E-state index contributed by atoms with van der Waals surface area (Å²) in [6.07, 6.45) is 1.58. The molecule has 144 valence electrons. The first-order valence-electron chi connectivity index (χ1n) is 9.44. The van der Waals surface area contributed by atoms with E-state index in [0.717, 1.165) is 12.1 Å². The highest BCUT2D eigenvalue weighted by Gasteiger charge is 2.44. The Morgan fingerprint density at radius 3 is 2.30 bits per heavy atom. The maximum absolute atomic E-state index is 6.17. The summed E-state index contributed by atoms with van der Waals surface area (Å²) in [5.41, 5.74) is 2.37. The Labute approximate surface area is 162 Å². The second kappa shape index (κ2) is 9.29. The maximum Gasteiger partial charge on any atom is 0.163 e. The molecule has 3 atom stereocenters. The summed E-state index contributed by atoms with van der Waals surface area (Å²) < 4.78 is 18.2. The zero-order chi connectivity index (χ0) is 19.1. The molecule has 4 heteroatoms. The van der Waals surface area contributed by atoms with Crippen molar-refractivity contribution < 1.29 is 14.2 Å². The molecule has 0 amide bonds. The van der Waals surface area contributed by atoms with Crippen LogP contribution in [0.15, 0.2) is 73.3 Å². The molecule has 1 aliphatic rings. The minimum absolute atomic E-state index is 0.0303. The molecule has 1 fully saturated rings. The van der Waals surface area contributed by atoms with Gasteiger partial charge in [0.2, 0.25) is 0 Å². The molecule has 0 saturated carbocycles. The Hall–Kier alpha value is -1.98. The second-order valence-electron chi connectivity index (χ2n) is 7.27. The van der Waals surface area contributed by atoms with Gasteiger partial charge in [-0.1, -0.05) is 66.7 Å². The van der Waals surface area contributed by atoms with Gasteiger partial charge in [-0.15, -0.1) is 6.58 Å². The smallest absolute Gasteiger partial charge is 0.163 e. The number of benzene rings is 2. The van der Waals surface area contributed by atoms with Crippen molar-refractivity contribution in [1.29, 1.82) is 0 Å². The van der Waals surface area contributed by atoms with Crippen LogP contribution in [0.2, 0.25) is 0 Å². The predicted octanol–water partition coefficient (Wildman–Crippen LogP) is 4.07. The lowest BCUT2D eigenvalue weighted by Gasteiger charge is -2.25. The molecule has 0 aromatic heterocycles. The van der Waals surface area contributed by atoms with Crippen LogP contribution in [0.1, 0.15) is 25.0 Å². The molecule has 27 heavy (non-hydrogen) atoms. The summed E-state index contributed by atoms with van der Waals surface area (Å²) in [6, 6.07) is 20.4. The van der Waals surface area contributed by atoms with Gasteiger partial charge in [-0.05, 0) is 25.0 Å². The van der Waals surface area contributed by atoms with E-state index < -0.39 is 5.79 Å². The largest absolute Gasteiger partial charge is 0.374 e. The predicted molar refractivity (Wildman–Crippen MR) is 107 cm³/mol. The molecule has 0 spiro atoms. The van der Waals surface area contributed by atoms with Crippen LogP contribution in [-0.4, -0.2) is 30.6 Å². The molecule has 0 radical (unpaired) electrons. The third-order valence-electron chi connectivity index (χ3n) is 4.61. The van der Waals surface area contributed by atoms with E-state index >= 15 is 0 Å². The summed E-state index contributed by atoms with van der Waals surface area (Å²) in [5, 5.41) is 3.52. The van der Waals surface area contributed by atoms with Gasteiger partial charge in [0.1, 0.15) is 12.2 Å².